The monoisotopic (exact) mass is 200 g/mol. The summed E-state index contributed by atoms with van der Waals surface area (Å²) in [5.41, 5.74) is -2.36. The maximum Gasteiger partial charge on any atom is 0.221 e. The third kappa shape index (κ3) is 4.65. The molecule has 1 nitrogen and oxygen atoms in total. The summed E-state index contributed by atoms with van der Waals surface area (Å²) in [6.07, 6.45) is 1.62. The predicted molar refractivity (Wildman–Crippen MR) is 51.3 cm³/mol. The van der Waals surface area contributed by atoms with Crippen LogP contribution in [0.5, 0.6) is 0 Å². The molecule has 0 aromatic carbocycles. The van der Waals surface area contributed by atoms with E-state index in [0.29, 0.717) is 11.4 Å². The van der Waals surface area contributed by atoms with Gasteiger partial charge < -0.3 is 0 Å². The Morgan fingerprint density at radius 3 is 2.40 bits per heavy atom. The van der Waals surface area contributed by atoms with E-state index in [-0.39, 0.29) is 0 Å². The van der Waals surface area contributed by atoms with Gasteiger partial charge in [0.2, 0.25) is 5.70 Å². The van der Waals surface area contributed by atoms with Crippen molar-refractivity contribution in [2.45, 2.75) is 32.4 Å². The SMILES string of the molecule is CCC(C)SP(=O)(Cl)CC. The third-order valence-electron chi connectivity index (χ3n) is 1.29. The van der Waals surface area contributed by atoms with Crippen LogP contribution in [-0.2, 0) is 4.57 Å². The fourth-order valence-electron chi connectivity index (χ4n) is 0.418. The van der Waals surface area contributed by atoms with E-state index in [4.69, 9.17) is 11.2 Å². The molecule has 0 radical (unpaired) electrons. The molecule has 0 heterocycles. The van der Waals surface area contributed by atoms with E-state index in [9.17, 15) is 4.57 Å². The molecule has 2 unspecified atom stereocenters. The van der Waals surface area contributed by atoms with E-state index < -0.39 is 5.70 Å². The third-order valence-corrected chi connectivity index (χ3v) is 7.29. The van der Waals surface area contributed by atoms with Crippen LogP contribution in [0.4, 0.5) is 0 Å². The maximum absolute atomic E-state index is 11.3. The van der Waals surface area contributed by atoms with Crippen molar-refractivity contribution < 1.29 is 4.57 Å². The van der Waals surface area contributed by atoms with Gasteiger partial charge in [-0.05, 0) is 17.7 Å². The van der Waals surface area contributed by atoms with Gasteiger partial charge in [0.05, 0.1) is 0 Å². The summed E-state index contributed by atoms with van der Waals surface area (Å²) < 4.78 is 11.3. The molecule has 2 atom stereocenters. The van der Waals surface area contributed by atoms with Gasteiger partial charge in [-0.1, -0.05) is 32.2 Å². The standard InChI is InChI=1S/C6H14ClOPS/c1-4-6(3)10-9(7,8)5-2/h6H,4-5H2,1-3H3. The molecule has 0 spiro atoms. The molecule has 0 aliphatic heterocycles. The first-order valence-electron chi connectivity index (χ1n) is 3.49. The van der Waals surface area contributed by atoms with Gasteiger partial charge in [-0.2, -0.15) is 0 Å². The van der Waals surface area contributed by atoms with Crippen LogP contribution in [0.1, 0.15) is 27.2 Å². The maximum atomic E-state index is 11.3. The first-order valence-corrected chi connectivity index (χ1v) is 7.77. The van der Waals surface area contributed by atoms with Crippen molar-refractivity contribution in [1.82, 2.24) is 0 Å². The van der Waals surface area contributed by atoms with Crippen LogP contribution in [-0.4, -0.2) is 11.4 Å². The normalized spacial score (nSPS) is 20.0. The van der Waals surface area contributed by atoms with E-state index in [2.05, 4.69) is 13.8 Å². The Morgan fingerprint density at radius 1 is 1.60 bits per heavy atom. The molecule has 0 amide bonds. The smallest absolute Gasteiger partial charge is 0.221 e. The molecule has 0 saturated heterocycles. The topological polar surface area (TPSA) is 17.1 Å². The lowest BCUT2D eigenvalue weighted by Crippen LogP contribution is -1.90. The second kappa shape index (κ2) is 4.69. The van der Waals surface area contributed by atoms with Crippen molar-refractivity contribution in [3.63, 3.8) is 0 Å². The zero-order chi connectivity index (χ0) is 8.20. The van der Waals surface area contributed by atoms with E-state index in [1.54, 1.807) is 0 Å². The highest BCUT2D eigenvalue weighted by Gasteiger charge is 2.18. The Kier molecular flexibility index (Phi) is 5.10. The van der Waals surface area contributed by atoms with E-state index in [0.717, 1.165) is 6.42 Å². The van der Waals surface area contributed by atoms with Crippen LogP contribution < -0.4 is 0 Å². The average Bonchev–Trinajstić information content (AvgIpc) is 1.87. The molecule has 0 aliphatic carbocycles. The minimum Gasteiger partial charge on any atom is -0.295 e. The average molecular weight is 201 g/mol. The Balaban J connectivity index is 3.77. The summed E-state index contributed by atoms with van der Waals surface area (Å²) in [7, 11) is 0. The lowest BCUT2D eigenvalue weighted by molar-refractivity contribution is 0.593. The minimum absolute atomic E-state index is 0.420. The lowest BCUT2D eigenvalue weighted by atomic mass is 10.4. The zero-order valence-corrected chi connectivity index (χ0v) is 9.10. The van der Waals surface area contributed by atoms with Gasteiger partial charge in [-0.15, -0.1) is 0 Å². The number of hydrogen-bond acceptors (Lipinski definition) is 2. The predicted octanol–water partition coefficient (Wildman–Crippen LogP) is 3.97. The van der Waals surface area contributed by atoms with Crippen LogP contribution in [0.15, 0.2) is 0 Å². The van der Waals surface area contributed by atoms with Crippen LogP contribution in [0.2, 0.25) is 0 Å². The van der Waals surface area contributed by atoms with Crippen LogP contribution in [0.3, 0.4) is 0 Å². The Labute approximate surface area is 71.8 Å². The van der Waals surface area contributed by atoms with Gasteiger partial charge in [-0.25, -0.2) is 0 Å². The molecule has 62 valence electrons. The highest BCUT2D eigenvalue weighted by Crippen LogP contribution is 2.64. The fraction of sp³-hybridized carbons (Fsp3) is 1.00. The van der Waals surface area contributed by atoms with Crippen molar-refractivity contribution in [3.05, 3.63) is 0 Å². The molecule has 0 fully saturated rings. The molecular weight excluding hydrogens is 187 g/mol. The van der Waals surface area contributed by atoms with Gasteiger partial charge in [0, 0.05) is 11.4 Å². The highest BCUT2D eigenvalue weighted by atomic mass is 35.7. The van der Waals surface area contributed by atoms with Gasteiger partial charge in [0.25, 0.3) is 0 Å². The van der Waals surface area contributed by atoms with Crippen LogP contribution >= 0.6 is 28.3 Å². The van der Waals surface area contributed by atoms with Crippen molar-refractivity contribution >= 4 is 28.3 Å². The van der Waals surface area contributed by atoms with Crippen molar-refractivity contribution in [2.75, 3.05) is 6.16 Å². The van der Waals surface area contributed by atoms with Gasteiger partial charge in [-0.3, -0.25) is 4.57 Å². The fourth-order valence-corrected chi connectivity index (χ4v) is 4.98. The highest BCUT2D eigenvalue weighted by molar-refractivity contribution is 8.65. The molecule has 0 saturated carbocycles. The summed E-state index contributed by atoms with van der Waals surface area (Å²) in [6, 6.07) is 0. The summed E-state index contributed by atoms with van der Waals surface area (Å²) >= 11 is 7.14. The number of hydrogen-bond donors (Lipinski definition) is 0. The first-order chi connectivity index (χ1) is 4.52. The van der Waals surface area contributed by atoms with Crippen molar-refractivity contribution in [2.24, 2.45) is 0 Å². The number of halogens is 1. The van der Waals surface area contributed by atoms with Gasteiger partial charge >= 0.3 is 0 Å². The summed E-state index contributed by atoms with van der Waals surface area (Å²) in [5.74, 6) is 0. The second-order valence-corrected chi connectivity index (χ2v) is 9.70. The molecule has 0 aromatic rings. The van der Waals surface area contributed by atoms with Crippen molar-refractivity contribution in [3.8, 4) is 0 Å². The van der Waals surface area contributed by atoms with E-state index in [1.165, 1.54) is 11.4 Å². The summed E-state index contributed by atoms with van der Waals surface area (Å²) in [6.45, 7) is 5.99. The Bertz CT molecular complexity index is 140. The minimum atomic E-state index is -2.36. The molecule has 4 heteroatoms. The van der Waals surface area contributed by atoms with Gasteiger partial charge in [0.1, 0.15) is 0 Å². The largest absolute Gasteiger partial charge is 0.295 e. The Morgan fingerprint density at radius 2 is 2.10 bits per heavy atom. The molecule has 0 N–H and O–H groups in total. The quantitative estimate of drug-likeness (QED) is 0.639. The summed E-state index contributed by atoms with van der Waals surface area (Å²) in [5, 5.41) is 0.420. The second-order valence-electron chi connectivity index (χ2n) is 2.23. The van der Waals surface area contributed by atoms with E-state index >= 15 is 0 Å². The molecular formula is C6H14ClOPS. The first kappa shape index (κ1) is 10.9. The molecule has 0 aromatic heterocycles. The lowest BCUT2D eigenvalue weighted by Gasteiger charge is -2.11. The Hall–Kier alpha value is 0.870. The molecule has 0 bridgehead atoms. The van der Waals surface area contributed by atoms with Crippen molar-refractivity contribution in [1.29, 1.82) is 0 Å². The molecule has 0 aliphatic rings. The summed E-state index contributed by atoms with van der Waals surface area (Å²) in [4.78, 5) is 0. The van der Waals surface area contributed by atoms with Crippen LogP contribution in [0, 0.1) is 0 Å². The van der Waals surface area contributed by atoms with Gasteiger partial charge in [0.15, 0.2) is 0 Å². The molecule has 0 rings (SSSR count). The van der Waals surface area contributed by atoms with Crippen LogP contribution in [0.25, 0.3) is 0 Å². The zero-order valence-electron chi connectivity index (χ0n) is 6.63. The van der Waals surface area contributed by atoms with E-state index in [1.807, 2.05) is 6.92 Å². The number of rotatable bonds is 4. The molecule has 10 heavy (non-hydrogen) atoms.